The summed E-state index contributed by atoms with van der Waals surface area (Å²) in [5.74, 6) is 0.00699. The number of carbonyl (C=O) groups excluding carboxylic acids is 1. The fourth-order valence-electron chi connectivity index (χ4n) is 1.86. The van der Waals surface area contributed by atoms with Gasteiger partial charge < -0.3 is 9.88 Å². The number of amides is 1. The van der Waals surface area contributed by atoms with Crippen molar-refractivity contribution in [1.82, 2.24) is 14.5 Å². The Balaban J connectivity index is 1.67. The molecule has 3 aromatic rings. The molecular formula is C13H11N5O3S2. The van der Waals surface area contributed by atoms with E-state index in [1.165, 1.54) is 35.2 Å². The number of nitro benzene ring substituents is 1. The molecule has 2 heterocycles. The van der Waals surface area contributed by atoms with Gasteiger partial charge in [-0.05, 0) is 6.07 Å². The standard InChI is InChI=1S/C13H11N5O3S2/c1-17-5-4-14-13(17)22-7-11(19)16-12-15-9-3-2-8(18(20)21)6-10(9)23-12/h2-6H,7H2,1H3,(H,15,16,19). The van der Waals surface area contributed by atoms with Crippen LogP contribution in [0.15, 0.2) is 35.7 Å². The van der Waals surface area contributed by atoms with Gasteiger partial charge in [-0.15, -0.1) is 0 Å². The Bertz CT molecular complexity index is 889. The van der Waals surface area contributed by atoms with Crippen molar-refractivity contribution in [2.45, 2.75) is 5.16 Å². The number of nitro groups is 1. The lowest BCUT2D eigenvalue weighted by Gasteiger charge is -2.01. The molecule has 0 saturated carbocycles. The molecule has 0 aliphatic heterocycles. The van der Waals surface area contributed by atoms with Gasteiger partial charge in [0.15, 0.2) is 10.3 Å². The third kappa shape index (κ3) is 3.48. The maximum atomic E-state index is 12.0. The highest BCUT2D eigenvalue weighted by molar-refractivity contribution is 7.99. The van der Waals surface area contributed by atoms with E-state index in [2.05, 4.69) is 15.3 Å². The molecule has 1 aromatic carbocycles. The summed E-state index contributed by atoms with van der Waals surface area (Å²) in [7, 11) is 1.85. The molecule has 1 amide bonds. The lowest BCUT2D eigenvalue weighted by atomic mass is 10.3. The zero-order valence-electron chi connectivity index (χ0n) is 11.9. The minimum atomic E-state index is -0.457. The molecule has 10 heteroatoms. The number of nitrogens with zero attached hydrogens (tertiary/aromatic N) is 4. The number of nitrogens with one attached hydrogen (secondary N) is 1. The minimum Gasteiger partial charge on any atom is -0.329 e. The van der Waals surface area contributed by atoms with Gasteiger partial charge in [-0.1, -0.05) is 23.1 Å². The number of fused-ring (bicyclic) bond motifs is 1. The van der Waals surface area contributed by atoms with E-state index in [0.29, 0.717) is 15.3 Å². The number of hydrogen-bond donors (Lipinski definition) is 1. The van der Waals surface area contributed by atoms with E-state index in [9.17, 15) is 14.9 Å². The van der Waals surface area contributed by atoms with Crippen LogP contribution < -0.4 is 5.32 Å². The molecule has 0 radical (unpaired) electrons. The van der Waals surface area contributed by atoms with Gasteiger partial charge in [-0.25, -0.2) is 9.97 Å². The highest BCUT2D eigenvalue weighted by Crippen LogP contribution is 2.29. The fraction of sp³-hybridized carbons (Fsp3) is 0.154. The molecule has 0 fully saturated rings. The molecule has 3 rings (SSSR count). The van der Waals surface area contributed by atoms with Crippen LogP contribution in [0.3, 0.4) is 0 Å². The van der Waals surface area contributed by atoms with Crippen LogP contribution in [0.1, 0.15) is 0 Å². The van der Waals surface area contributed by atoms with Gasteiger partial charge >= 0.3 is 0 Å². The number of imidazole rings is 1. The average molecular weight is 349 g/mol. The Hall–Kier alpha value is -2.46. The average Bonchev–Trinajstić information content (AvgIpc) is 3.09. The zero-order valence-corrected chi connectivity index (χ0v) is 13.6. The lowest BCUT2D eigenvalue weighted by molar-refractivity contribution is -0.384. The van der Waals surface area contributed by atoms with Crippen molar-refractivity contribution in [3.8, 4) is 0 Å². The van der Waals surface area contributed by atoms with Gasteiger partial charge in [0.1, 0.15) is 0 Å². The number of rotatable bonds is 5. The SMILES string of the molecule is Cn1ccnc1SCC(=O)Nc1nc2ccc([N+](=O)[O-])cc2s1. The van der Waals surface area contributed by atoms with Crippen molar-refractivity contribution in [2.24, 2.45) is 7.05 Å². The summed E-state index contributed by atoms with van der Waals surface area (Å²) in [4.78, 5) is 30.6. The summed E-state index contributed by atoms with van der Waals surface area (Å²) < 4.78 is 2.49. The molecule has 2 aromatic heterocycles. The molecule has 118 valence electrons. The molecule has 0 atom stereocenters. The topological polar surface area (TPSA) is 103 Å². The molecule has 0 unspecified atom stereocenters. The van der Waals surface area contributed by atoms with Crippen molar-refractivity contribution in [2.75, 3.05) is 11.1 Å². The monoisotopic (exact) mass is 349 g/mol. The first-order valence-corrected chi connectivity index (χ1v) is 8.28. The number of carbonyl (C=O) groups is 1. The second kappa shape index (κ2) is 6.34. The Morgan fingerprint density at radius 3 is 3.04 bits per heavy atom. The van der Waals surface area contributed by atoms with Gasteiger partial charge in [0.25, 0.3) is 5.69 Å². The number of hydrogen-bond acceptors (Lipinski definition) is 7. The number of thiazole rings is 1. The van der Waals surface area contributed by atoms with Gasteiger partial charge in [0, 0.05) is 31.6 Å². The maximum absolute atomic E-state index is 12.0. The third-order valence-corrected chi connectivity index (χ3v) is 4.93. The summed E-state index contributed by atoms with van der Waals surface area (Å²) in [5, 5.41) is 14.6. The van der Waals surface area contributed by atoms with Gasteiger partial charge in [0.2, 0.25) is 5.91 Å². The van der Waals surface area contributed by atoms with E-state index in [4.69, 9.17) is 0 Å². The minimum absolute atomic E-state index is 0.00404. The number of thioether (sulfide) groups is 1. The van der Waals surface area contributed by atoms with Crippen LogP contribution >= 0.6 is 23.1 Å². The number of anilines is 1. The van der Waals surface area contributed by atoms with Crippen LogP contribution in [-0.4, -0.2) is 31.1 Å². The van der Waals surface area contributed by atoms with Crippen LogP contribution in [0, 0.1) is 10.1 Å². The molecular weight excluding hydrogens is 338 g/mol. The molecule has 8 nitrogen and oxygen atoms in total. The molecule has 0 aliphatic rings. The van der Waals surface area contributed by atoms with E-state index >= 15 is 0 Å². The van der Waals surface area contributed by atoms with E-state index in [1.54, 1.807) is 18.5 Å². The molecule has 1 N–H and O–H groups in total. The van der Waals surface area contributed by atoms with Crippen LogP contribution in [-0.2, 0) is 11.8 Å². The van der Waals surface area contributed by atoms with Crippen LogP contribution in [0.5, 0.6) is 0 Å². The summed E-state index contributed by atoms with van der Waals surface area (Å²) in [6.45, 7) is 0. The van der Waals surface area contributed by atoms with Crippen molar-refractivity contribution in [3.63, 3.8) is 0 Å². The first kappa shape index (κ1) is 15.4. The second-order valence-electron chi connectivity index (χ2n) is 4.59. The van der Waals surface area contributed by atoms with Crippen molar-refractivity contribution in [1.29, 1.82) is 0 Å². The Morgan fingerprint density at radius 2 is 2.35 bits per heavy atom. The number of non-ortho nitro benzene ring substituents is 1. The van der Waals surface area contributed by atoms with E-state index < -0.39 is 4.92 Å². The zero-order chi connectivity index (χ0) is 16.4. The fourth-order valence-corrected chi connectivity index (χ4v) is 3.50. The summed E-state index contributed by atoms with van der Waals surface area (Å²) in [5.41, 5.74) is 0.622. The predicted molar refractivity (Wildman–Crippen MR) is 88.8 cm³/mol. The largest absolute Gasteiger partial charge is 0.329 e. The number of aromatic nitrogens is 3. The lowest BCUT2D eigenvalue weighted by Crippen LogP contribution is -2.14. The van der Waals surface area contributed by atoms with Crippen molar-refractivity contribution >= 4 is 50.0 Å². The number of benzene rings is 1. The first-order valence-electron chi connectivity index (χ1n) is 6.48. The highest BCUT2D eigenvalue weighted by atomic mass is 32.2. The van der Waals surface area contributed by atoms with Gasteiger partial charge in [-0.2, -0.15) is 0 Å². The van der Waals surface area contributed by atoms with E-state index in [1.807, 2.05) is 11.6 Å². The van der Waals surface area contributed by atoms with Gasteiger partial charge in [-0.3, -0.25) is 14.9 Å². The van der Waals surface area contributed by atoms with Crippen LogP contribution in [0.2, 0.25) is 0 Å². The quantitative estimate of drug-likeness (QED) is 0.431. The van der Waals surface area contributed by atoms with Crippen molar-refractivity contribution < 1.29 is 9.72 Å². The normalized spacial score (nSPS) is 10.8. The Labute approximate surface area is 138 Å². The smallest absolute Gasteiger partial charge is 0.270 e. The predicted octanol–water partition coefficient (Wildman–Crippen LogP) is 2.67. The van der Waals surface area contributed by atoms with Crippen LogP contribution in [0.4, 0.5) is 10.8 Å². The van der Waals surface area contributed by atoms with E-state index in [-0.39, 0.29) is 17.3 Å². The number of aryl methyl sites for hydroxylation is 1. The van der Waals surface area contributed by atoms with E-state index in [0.717, 1.165) is 5.16 Å². The van der Waals surface area contributed by atoms with Crippen LogP contribution in [0.25, 0.3) is 10.2 Å². The highest BCUT2D eigenvalue weighted by Gasteiger charge is 2.12. The molecule has 0 aliphatic carbocycles. The Kier molecular flexibility index (Phi) is 4.26. The summed E-state index contributed by atoms with van der Waals surface area (Å²) >= 11 is 2.53. The van der Waals surface area contributed by atoms with Crippen molar-refractivity contribution in [3.05, 3.63) is 40.7 Å². The van der Waals surface area contributed by atoms with Gasteiger partial charge in [0.05, 0.1) is 20.9 Å². The Morgan fingerprint density at radius 1 is 1.52 bits per heavy atom. The summed E-state index contributed by atoms with van der Waals surface area (Å²) in [6, 6.07) is 4.41. The molecule has 0 spiro atoms. The maximum Gasteiger partial charge on any atom is 0.270 e. The summed E-state index contributed by atoms with van der Waals surface area (Å²) in [6.07, 6.45) is 3.47. The molecule has 0 bridgehead atoms. The molecule has 0 saturated heterocycles. The third-order valence-electron chi connectivity index (χ3n) is 2.94. The molecule has 23 heavy (non-hydrogen) atoms. The second-order valence-corrected chi connectivity index (χ2v) is 6.56. The first-order chi connectivity index (χ1) is 11.0.